The van der Waals surface area contributed by atoms with Crippen LogP contribution in [0.2, 0.25) is 0 Å². The van der Waals surface area contributed by atoms with Crippen LogP contribution in [0.15, 0.2) is 43.0 Å². The number of amides is 1. The number of hydrogen-bond donors (Lipinski definition) is 2. The first-order valence-corrected chi connectivity index (χ1v) is 13.1. The summed E-state index contributed by atoms with van der Waals surface area (Å²) in [6.07, 6.45) is 3.99. The minimum absolute atomic E-state index is 0.122. The van der Waals surface area contributed by atoms with Crippen molar-refractivity contribution in [3.05, 3.63) is 70.8 Å². The Morgan fingerprint density at radius 3 is 2.86 bits per heavy atom. The lowest BCUT2D eigenvalue weighted by Gasteiger charge is -2.64. The van der Waals surface area contributed by atoms with Crippen LogP contribution in [0.4, 0.5) is 0 Å². The molecule has 0 unspecified atom stereocenters. The third-order valence-corrected chi connectivity index (χ3v) is 9.54. The summed E-state index contributed by atoms with van der Waals surface area (Å²) in [5.41, 5.74) is 3.56. The van der Waals surface area contributed by atoms with Crippen molar-refractivity contribution < 1.29 is 19.7 Å². The van der Waals surface area contributed by atoms with Crippen molar-refractivity contribution in [3.63, 3.8) is 0 Å². The van der Waals surface area contributed by atoms with Gasteiger partial charge in [-0.2, -0.15) is 0 Å². The van der Waals surface area contributed by atoms with E-state index in [1.807, 2.05) is 37.3 Å². The van der Waals surface area contributed by atoms with Gasteiger partial charge in [-0.05, 0) is 74.5 Å². The van der Waals surface area contributed by atoms with Gasteiger partial charge >= 0.3 is 0 Å². The number of carbonyl (C=O) groups excluding carboxylic acids is 1. The van der Waals surface area contributed by atoms with E-state index in [0.717, 1.165) is 35.2 Å². The van der Waals surface area contributed by atoms with E-state index in [4.69, 9.17) is 4.74 Å². The lowest BCUT2D eigenvalue weighted by atomic mass is 9.48. The Morgan fingerprint density at radius 2 is 2.11 bits per heavy atom. The third-order valence-electron chi connectivity index (χ3n) is 9.54. The van der Waals surface area contributed by atoms with E-state index in [-0.39, 0.29) is 29.8 Å². The summed E-state index contributed by atoms with van der Waals surface area (Å²) in [5.74, 6) is 6.20. The molecule has 2 aliphatic heterocycles. The maximum atomic E-state index is 13.2. The molecule has 2 heterocycles. The van der Waals surface area contributed by atoms with Crippen LogP contribution < -0.4 is 4.74 Å². The number of phenols is 1. The number of aromatic hydroxyl groups is 1. The number of likely N-dealkylation sites (tertiary alicyclic amines) is 1. The normalized spacial score (nSPS) is 31.0. The highest BCUT2D eigenvalue weighted by atomic mass is 16.5. The zero-order chi connectivity index (χ0) is 26.1. The first-order valence-electron chi connectivity index (χ1n) is 13.1. The molecule has 2 aliphatic carbocycles. The Bertz CT molecular complexity index is 1370. The first-order chi connectivity index (χ1) is 17.7. The van der Waals surface area contributed by atoms with Crippen molar-refractivity contribution >= 4 is 5.91 Å². The zero-order valence-corrected chi connectivity index (χ0v) is 21.8. The Kier molecular flexibility index (Phi) is 5.45. The number of benzene rings is 2. The van der Waals surface area contributed by atoms with Gasteiger partial charge in [0, 0.05) is 49.1 Å². The van der Waals surface area contributed by atoms with E-state index in [9.17, 15) is 15.0 Å². The van der Waals surface area contributed by atoms with Crippen LogP contribution in [0.25, 0.3) is 0 Å². The van der Waals surface area contributed by atoms with E-state index in [1.165, 1.54) is 5.56 Å². The molecule has 192 valence electrons. The SMILES string of the molecule is C=CCN1CC[C@]23c4c5ccc(O)c4O[C@H]2C[C@@H](N(C)C(=O)C#Cc2ccc(C)c(C)c2)C[C@@]3(O)[C@H]1C5. The highest BCUT2D eigenvalue weighted by Crippen LogP contribution is 2.65. The molecule has 0 aromatic heterocycles. The highest BCUT2D eigenvalue weighted by Gasteiger charge is 2.72. The number of carbonyl (C=O) groups is 1. The van der Waals surface area contributed by atoms with Crippen molar-refractivity contribution in [1.29, 1.82) is 0 Å². The monoisotopic (exact) mass is 498 g/mol. The molecule has 6 heteroatoms. The number of ether oxygens (including phenoxy) is 1. The maximum absolute atomic E-state index is 13.2. The molecule has 6 nitrogen and oxygen atoms in total. The largest absolute Gasteiger partial charge is 0.504 e. The smallest absolute Gasteiger partial charge is 0.298 e. The predicted molar refractivity (Wildman–Crippen MR) is 142 cm³/mol. The molecule has 1 saturated heterocycles. The van der Waals surface area contributed by atoms with E-state index < -0.39 is 11.0 Å². The summed E-state index contributed by atoms with van der Waals surface area (Å²) >= 11 is 0. The summed E-state index contributed by atoms with van der Waals surface area (Å²) in [5, 5.41) is 23.3. The number of phenolic OH excluding ortho intramolecular Hbond substituents is 1. The molecule has 1 saturated carbocycles. The van der Waals surface area contributed by atoms with Crippen molar-refractivity contribution in [2.24, 2.45) is 0 Å². The van der Waals surface area contributed by atoms with Gasteiger partial charge in [0.05, 0.1) is 11.0 Å². The lowest BCUT2D eigenvalue weighted by Crippen LogP contribution is -2.77. The topological polar surface area (TPSA) is 73.2 Å². The number of aryl methyl sites for hydroxylation is 2. The summed E-state index contributed by atoms with van der Waals surface area (Å²) in [6.45, 7) is 9.54. The molecule has 1 spiro atoms. The van der Waals surface area contributed by atoms with Crippen LogP contribution in [0, 0.1) is 25.7 Å². The Morgan fingerprint density at radius 1 is 1.30 bits per heavy atom. The molecule has 2 aromatic carbocycles. The minimum atomic E-state index is -1.11. The van der Waals surface area contributed by atoms with Gasteiger partial charge in [-0.3, -0.25) is 9.69 Å². The van der Waals surface area contributed by atoms with Crippen molar-refractivity contribution in [1.82, 2.24) is 9.80 Å². The molecule has 2 aromatic rings. The molecule has 2 N–H and O–H groups in total. The highest BCUT2D eigenvalue weighted by molar-refractivity contribution is 5.94. The molecule has 2 fully saturated rings. The number of piperidine rings is 1. The molecule has 1 amide bonds. The van der Waals surface area contributed by atoms with Gasteiger partial charge in [-0.1, -0.05) is 24.1 Å². The second-order valence-electron chi connectivity index (χ2n) is 11.3. The van der Waals surface area contributed by atoms with E-state index in [2.05, 4.69) is 30.2 Å². The van der Waals surface area contributed by atoms with Crippen molar-refractivity contribution in [2.45, 2.75) is 68.7 Å². The number of rotatable bonds is 3. The van der Waals surface area contributed by atoms with Gasteiger partial charge in [0.2, 0.25) is 0 Å². The van der Waals surface area contributed by atoms with Crippen LogP contribution in [-0.2, 0) is 16.6 Å². The van der Waals surface area contributed by atoms with Crippen molar-refractivity contribution in [3.8, 4) is 23.3 Å². The standard InChI is InChI=1S/C31H34N2O4/c1-5-13-33-14-12-30-26-17-23(32(4)27(35)11-8-21-7-6-19(2)20(3)15-21)18-31(30,36)25(33)16-22-9-10-24(34)29(37-26)28(22)30/h5-7,9-10,15,23,25-26,34,36H,1,12-14,16-18H2,2-4H3/t23-,25-,26+,30-,31-/m1/s1. The zero-order valence-electron chi connectivity index (χ0n) is 21.8. The fraction of sp³-hybridized carbons (Fsp3) is 0.452. The van der Waals surface area contributed by atoms with Crippen LogP contribution >= 0.6 is 0 Å². The van der Waals surface area contributed by atoms with Crippen molar-refractivity contribution in [2.75, 3.05) is 20.1 Å². The van der Waals surface area contributed by atoms with Crippen LogP contribution in [0.5, 0.6) is 11.5 Å². The molecular weight excluding hydrogens is 464 g/mol. The molecule has 5 atom stereocenters. The second-order valence-corrected chi connectivity index (χ2v) is 11.3. The molecular formula is C31H34N2O4. The van der Waals surface area contributed by atoms with E-state index in [1.54, 1.807) is 18.0 Å². The van der Waals surface area contributed by atoms with Crippen LogP contribution in [0.1, 0.15) is 47.1 Å². The summed E-state index contributed by atoms with van der Waals surface area (Å²) in [6, 6.07) is 9.26. The fourth-order valence-electron chi connectivity index (χ4n) is 7.51. The molecule has 37 heavy (non-hydrogen) atoms. The fourth-order valence-corrected chi connectivity index (χ4v) is 7.51. The van der Waals surface area contributed by atoms with Gasteiger partial charge in [-0.25, -0.2) is 0 Å². The van der Waals surface area contributed by atoms with E-state index >= 15 is 0 Å². The van der Waals surface area contributed by atoms with Gasteiger partial charge in [0.25, 0.3) is 5.91 Å². The van der Waals surface area contributed by atoms with Crippen LogP contribution in [0.3, 0.4) is 0 Å². The second kappa shape index (κ2) is 8.37. The lowest BCUT2D eigenvalue weighted by molar-refractivity contribution is -0.196. The Labute approximate surface area is 218 Å². The average molecular weight is 499 g/mol. The summed E-state index contributed by atoms with van der Waals surface area (Å²) in [4.78, 5) is 17.2. The van der Waals surface area contributed by atoms with Gasteiger partial charge in [0.1, 0.15) is 6.10 Å². The molecule has 2 bridgehead atoms. The Balaban J connectivity index is 1.35. The van der Waals surface area contributed by atoms with E-state index in [0.29, 0.717) is 31.6 Å². The molecule has 6 rings (SSSR count). The third kappa shape index (κ3) is 3.30. The average Bonchev–Trinajstić information content (AvgIpc) is 3.21. The Hall–Kier alpha value is -3.27. The van der Waals surface area contributed by atoms with Gasteiger partial charge in [0.15, 0.2) is 11.5 Å². The summed E-state index contributed by atoms with van der Waals surface area (Å²) < 4.78 is 6.46. The maximum Gasteiger partial charge on any atom is 0.298 e. The number of aliphatic hydroxyl groups is 1. The molecule has 4 aliphatic rings. The van der Waals surface area contributed by atoms with Gasteiger partial charge < -0.3 is 19.8 Å². The predicted octanol–water partition coefficient (Wildman–Crippen LogP) is 3.23. The van der Waals surface area contributed by atoms with Gasteiger partial charge in [-0.15, -0.1) is 6.58 Å². The number of nitrogens with zero attached hydrogens (tertiary/aromatic N) is 2. The van der Waals surface area contributed by atoms with Crippen LogP contribution in [-0.4, -0.2) is 69.8 Å². The quantitative estimate of drug-likeness (QED) is 0.502. The molecule has 0 radical (unpaired) electrons. The summed E-state index contributed by atoms with van der Waals surface area (Å²) in [7, 11) is 1.77. The minimum Gasteiger partial charge on any atom is -0.504 e. The number of hydrogen-bond acceptors (Lipinski definition) is 5. The first kappa shape index (κ1) is 24.1.